The minimum Gasteiger partial charge on any atom is -0.466 e. The maximum atomic E-state index is 13.0. The molecule has 1 amide bonds. The summed E-state index contributed by atoms with van der Waals surface area (Å²) in [5, 5.41) is 3.77. The van der Waals surface area contributed by atoms with Crippen molar-refractivity contribution in [1.82, 2.24) is 9.88 Å². The van der Waals surface area contributed by atoms with Crippen molar-refractivity contribution in [2.24, 2.45) is 0 Å². The Morgan fingerprint density at radius 1 is 0.881 bits per heavy atom. The molecule has 222 valence electrons. The fourth-order valence-electron chi connectivity index (χ4n) is 5.17. The van der Waals surface area contributed by atoms with Gasteiger partial charge < -0.3 is 14.6 Å². The summed E-state index contributed by atoms with van der Waals surface area (Å²) in [6.45, 7) is 4.45. The van der Waals surface area contributed by atoms with Gasteiger partial charge in [0.1, 0.15) is 0 Å². The molecular formula is C34H37F3N2O3. The molecule has 0 aliphatic heterocycles. The highest BCUT2D eigenvalue weighted by Gasteiger charge is 2.30. The highest BCUT2D eigenvalue weighted by molar-refractivity contribution is 5.94. The van der Waals surface area contributed by atoms with Gasteiger partial charge in [-0.15, -0.1) is 0 Å². The number of hydrogen-bond donors (Lipinski definition) is 1. The summed E-state index contributed by atoms with van der Waals surface area (Å²) in [6, 6.07) is 20.9. The average molecular weight is 579 g/mol. The van der Waals surface area contributed by atoms with Gasteiger partial charge in [-0.1, -0.05) is 62.9 Å². The van der Waals surface area contributed by atoms with E-state index < -0.39 is 11.7 Å². The molecule has 4 aromatic rings. The molecule has 5 nitrogen and oxygen atoms in total. The van der Waals surface area contributed by atoms with Gasteiger partial charge in [-0.25, -0.2) is 0 Å². The van der Waals surface area contributed by atoms with Crippen molar-refractivity contribution in [3.8, 4) is 11.1 Å². The lowest BCUT2D eigenvalue weighted by Gasteiger charge is -2.21. The number of hydrogen-bond acceptors (Lipinski definition) is 3. The first-order chi connectivity index (χ1) is 20.2. The second kappa shape index (κ2) is 14.2. The molecule has 0 aliphatic rings. The number of carbonyl (C=O) groups is 2. The number of alkyl halides is 3. The van der Waals surface area contributed by atoms with Crippen molar-refractivity contribution in [2.75, 3.05) is 13.2 Å². The van der Waals surface area contributed by atoms with Crippen LogP contribution in [-0.4, -0.2) is 29.6 Å². The molecule has 0 radical (unpaired) electrons. The van der Waals surface area contributed by atoms with Crippen molar-refractivity contribution >= 4 is 22.8 Å². The first-order valence-electron chi connectivity index (χ1n) is 14.5. The van der Waals surface area contributed by atoms with E-state index in [1.54, 1.807) is 6.92 Å². The lowest BCUT2D eigenvalue weighted by Crippen LogP contribution is -2.26. The van der Waals surface area contributed by atoms with Crippen LogP contribution in [0.15, 0.2) is 79.0 Å². The smallest absolute Gasteiger partial charge is 0.416 e. The number of benzene rings is 3. The summed E-state index contributed by atoms with van der Waals surface area (Å²) in [4.78, 5) is 24.1. The Hall–Kier alpha value is -4.07. The number of unbranched alkanes of at least 4 members (excludes halogenated alkanes) is 3. The maximum absolute atomic E-state index is 13.0. The molecule has 0 saturated heterocycles. The van der Waals surface area contributed by atoms with Gasteiger partial charge in [0, 0.05) is 29.2 Å². The Labute approximate surface area is 244 Å². The fraction of sp³-hybridized carbons (Fsp3) is 0.353. The van der Waals surface area contributed by atoms with E-state index in [-0.39, 0.29) is 30.9 Å². The SMILES string of the molecule is CCCCCCC(c1ccc(C(=O)NCCC(=O)OCC)cc1)n1ccc2cc(-c3ccc(C(F)(F)F)cc3)ccc21. The standard InChI is InChI=1S/C34H37F3N2O3/c1-3-5-6-7-8-30(25-9-11-26(12-10-25)33(41)38-21-19-32(40)42-4-2)39-22-20-28-23-27(15-18-31(28)39)24-13-16-29(17-14-24)34(35,36)37/h9-18,20,22-23,30H,3-8,19,21H2,1-2H3,(H,38,41). The maximum Gasteiger partial charge on any atom is 0.416 e. The largest absolute Gasteiger partial charge is 0.466 e. The predicted molar refractivity (Wildman–Crippen MR) is 159 cm³/mol. The highest BCUT2D eigenvalue weighted by atomic mass is 19.4. The number of esters is 1. The van der Waals surface area contributed by atoms with Gasteiger partial charge in [0.05, 0.1) is 24.6 Å². The number of amides is 1. The second-order valence-corrected chi connectivity index (χ2v) is 10.4. The number of fused-ring (bicyclic) bond motifs is 1. The van der Waals surface area contributed by atoms with E-state index in [0.717, 1.165) is 65.4 Å². The molecule has 0 spiro atoms. The van der Waals surface area contributed by atoms with E-state index >= 15 is 0 Å². The molecule has 1 aromatic heterocycles. The number of nitrogens with one attached hydrogen (secondary N) is 1. The third-order valence-corrected chi connectivity index (χ3v) is 7.41. The van der Waals surface area contributed by atoms with Crippen molar-refractivity contribution in [3.63, 3.8) is 0 Å². The van der Waals surface area contributed by atoms with Crippen LogP contribution in [0, 0.1) is 0 Å². The van der Waals surface area contributed by atoms with Crippen molar-refractivity contribution < 1.29 is 27.5 Å². The van der Waals surface area contributed by atoms with Crippen molar-refractivity contribution in [2.45, 2.75) is 64.6 Å². The van der Waals surface area contributed by atoms with E-state index in [1.165, 1.54) is 18.6 Å². The van der Waals surface area contributed by atoms with E-state index in [2.05, 4.69) is 23.0 Å². The zero-order valence-corrected chi connectivity index (χ0v) is 24.0. The molecule has 0 fully saturated rings. The molecule has 1 atom stereocenters. The van der Waals surface area contributed by atoms with Crippen LogP contribution in [0.1, 0.15) is 79.9 Å². The van der Waals surface area contributed by atoms with Crippen LogP contribution >= 0.6 is 0 Å². The molecule has 0 saturated carbocycles. The van der Waals surface area contributed by atoms with Gasteiger partial charge in [-0.05, 0) is 72.5 Å². The predicted octanol–water partition coefficient (Wildman–Crippen LogP) is 8.57. The Morgan fingerprint density at radius 3 is 2.26 bits per heavy atom. The summed E-state index contributed by atoms with van der Waals surface area (Å²) in [5.41, 5.74) is 3.55. The summed E-state index contributed by atoms with van der Waals surface area (Å²) in [7, 11) is 0. The number of halogens is 3. The summed E-state index contributed by atoms with van der Waals surface area (Å²) >= 11 is 0. The number of carbonyl (C=O) groups excluding carboxylic acids is 2. The highest BCUT2D eigenvalue weighted by Crippen LogP contribution is 2.34. The zero-order chi connectivity index (χ0) is 30.1. The summed E-state index contributed by atoms with van der Waals surface area (Å²) in [6.07, 6.45) is 3.24. The third kappa shape index (κ3) is 7.81. The lowest BCUT2D eigenvalue weighted by atomic mass is 9.98. The lowest BCUT2D eigenvalue weighted by molar-refractivity contribution is -0.143. The Kier molecular flexibility index (Phi) is 10.4. The molecule has 4 rings (SSSR count). The number of nitrogens with zero attached hydrogens (tertiary/aromatic N) is 1. The van der Waals surface area contributed by atoms with Gasteiger partial charge in [-0.2, -0.15) is 13.2 Å². The van der Waals surface area contributed by atoms with E-state index in [9.17, 15) is 22.8 Å². The Morgan fingerprint density at radius 2 is 1.60 bits per heavy atom. The topological polar surface area (TPSA) is 60.3 Å². The van der Waals surface area contributed by atoms with Gasteiger partial charge in [0.15, 0.2) is 0 Å². The average Bonchev–Trinajstić information content (AvgIpc) is 3.40. The van der Waals surface area contributed by atoms with Crippen LogP contribution in [0.4, 0.5) is 13.2 Å². The number of aromatic nitrogens is 1. The number of rotatable bonds is 13. The minimum absolute atomic E-state index is 0.0530. The zero-order valence-electron chi connectivity index (χ0n) is 24.0. The molecular weight excluding hydrogens is 541 g/mol. The first kappa shape index (κ1) is 30.9. The molecule has 3 aromatic carbocycles. The Balaban J connectivity index is 1.55. The normalized spacial score (nSPS) is 12.3. The molecule has 1 heterocycles. The first-order valence-corrected chi connectivity index (χ1v) is 14.5. The van der Waals surface area contributed by atoms with Crippen LogP contribution < -0.4 is 5.32 Å². The Bertz CT molecular complexity index is 1470. The van der Waals surface area contributed by atoms with Crippen LogP contribution in [-0.2, 0) is 15.7 Å². The van der Waals surface area contributed by atoms with Crippen molar-refractivity contribution in [1.29, 1.82) is 0 Å². The third-order valence-electron chi connectivity index (χ3n) is 7.41. The van der Waals surface area contributed by atoms with E-state index in [4.69, 9.17) is 4.74 Å². The van der Waals surface area contributed by atoms with Crippen molar-refractivity contribution in [3.05, 3.63) is 95.7 Å². The summed E-state index contributed by atoms with van der Waals surface area (Å²) in [5.74, 6) is -0.586. The van der Waals surface area contributed by atoms with E-state index in [1.807, 2.05) is 48.5 Å². The monoisotopic (exact) mass is 578 g/mol. The summed E-state index contributed by atoms with van der Waals surface area (Å²) < 4.78 is 46.2. The molecule has 0 bridgehead atoms. The van der Waals surface area contributed by atoms with Gasteiger partial charge >= 0.3 is 12.1 Å². The van der Waals surface area contributed by atoms with Gasteiger partial charge in [-0.3, -0.25) is 9.59 Å². The minimum atomic E-state index is -4.36. The second-order valence-electron chi connectivity index (χ2n) is 10.4. The van der Waals surface area contributed by atoms with E-state index in [0.29, 0.717) is 12.2 Å². The molecule has 1 unspecified atom stereocenters. The van der Waals surface area contributed by atoms with Gasteiger partial charge in [0.25, 0.3) is 5.91 Å². The quantitative estimate of drug-likeness (QED) is 0.128. The molecule has 8 heteroatoms. The molecule has 1 N–H and O–H groups in total. The van der Waals surface area contributed by atoms with Crippen LogP contribution in [0.3, 0.4) is 0 Å². The molecule has 0 aliphatic carbocycles. The van der Waals surface area contributed by atoms with Gasteiger partial charge in [0.2, 0.25) is 0 Å². The van der Waals surface area contributed by atoms with Crippen LogP contribution in [0.25, 0.3) is 22.0 Å². The van der Waals surface area contributed by atoms with Crippen LogP contribution in [0.2, 0.25) is 0 Å². The van der Waals surface area contributed by atoms with Crippen LogP contribution in [0.5, 0.6) is 0 Å². The number of ether oxygens (including phenoxy) is 1. The fourth-order valence-corrected chi connectivity index (χ4v) is 5.17. The molecule has 42 heavy (non-hydrogen) atoms.